The van der Waals surface area contributed by atoms with Gasteiger partial charge in [0, 0.05) is 13.1 Å². The molecule has 1 aliphatic heterocycles. The zero-order valence-electron chi connectivity index (χ0n) is 17.2. The van der Waals surface area contributed by atoms with E-state index in [1.165, 1.54) is 18.1 Å². The summed E-state index contributed by atoms with van der Waals surface area (Å²) < 4.78 is 10.4. The Hall–Kier alpha value is -2.76. The van der Waals surface area contributed by atoms with Crippen LogP contribution in [0.5, 0.6) is 5.75 Å². The number of hydrogen-bond donors (Lipinski definition) is 1. The van der Waals surface area contributed by atoms with E-state index in [2.05, 4.69) is 17.4 Å². The van der Waals surface area contributed by atoms with Crippen molar-refractivity contribution in [2.24, 2.45) is 5.92 Å². The van der Waals surface area contributed by atoms with Gasteiger partial charge in [0.15, 0.2) is 0 Å². The first-order valence-electron chi connectivity index (χ1n) is 10.4. The summed E-state index contributed by atoms with van der Waals surface area (Å²) in [4.78, 5) is 26.6. The second-order valence-corrected chi connectivity index (χ2v) is 7.59. The van der Waals surface area contributed by atoms with Crippen LogP contribution in [0.2, 0.25) is 0 Å². The Kier molecular flexibility index (Phi) is 7.33. The average molecular weight is 399 g/mol. The number of ether oxygens (including phenoxy) is 1. The van der Waals surface area contributed by atoms with Crippen LogP contribution >= 0.6 is 0 Å². The molecule has 1 aliphatic rings. The molecule has 2 aromatic rings. The molecule has 156 valence electrons. The van der Waals surface area contributed by atoms with E-state index in [1.807, 2.05) is 24.0 Å². The van der Waals surface area contributed by atoms with Gasteiger partial charge in [-0.2, -0.15) is 0 Å². The molecule has 1 N–H and O–H groups in total. The molecule has 0 bridgehead atoms. The van der Waals surface area contributed by atoms with Crippen LogP contribution in [0.25, 0.3) is 0 Å². The molecule has 1 aromatic carbocycles. The summed E-state index contributed by atoms with van der Waals surface area (Å²) in [5.74, 6) is 1.23. The van der Waals surface area contributed by atoms with Crippen molar-refractivity contribution in [2.45, 2.75) is 45.6 Å². The normalized spacial score (nSPS) is 15.7. The molecule has 1 atom stereocenters. The number of carbonyl (C=O) groups excluding carboxylic acids is 2. The fourth-order valence-corrected chi connectivity index (χ4v) is 3.74. The van der Waals surface area contributed by atoms with Gasteiger partial charge < -0.3 is 19.4 Å². The zero-order valence-corrected chi connectivity index (χ0v) is 17.2. The molecule has 0 unspecified atom stereocenters. The summed E-state index contributed by atoms with van der Waals surface area (Å²) in [6.07, 6.45) is 7.00. The predicted molar refractivity (Wildman–Crippen MR) is 111 cm³/mol. The molecule has 1 fully saturated rings. The van der Waals surface area contributed by atoms with E-state index in [4.69, 9.17) is 9.15 Å². The molecule has 1 saturated heterocycles. The molecular weight excluding hydrogens is 368 g/mol. The molecule has 0 spiro atoms. The number of amides is 2. The van der Waals surface area contributed by atoms with Crippen LogP contribution < -0.4 is 10.1 Å². The molecule has 2 heterocycles. The van der Waals surface area contributed by atoms with Crippen molar-refractivity contribution in [3.8, 4) is 5.75 Å². The second-order valence-electron chi connectivity index (χ2n) is 7.59. The van der Waals surface area contributed by atoms with Crippen molar-refractivity contribution >= 4 is 11.8 Å². The Labute approximate surface area is 172 Å². The maximum atomic E-state index is 12.7. The number of rotatable bonds is 8. The highest BCUT2D eigenvalue weighted by Crippen LogP contribution is 2.23. The summed E-state index contributed by atoms with van der Waals surface area (Å²) in [6, 6.07) is 9.36. The Bertz CT molecular complexity index is 778. The van der Waals surface area contributed by atoms with Gasteiger partial charge in [0.25, 0.3) is 5.91 Å². The Balaban J connectivity index is 1.40. The lowest BCUT2D eigenvalue weighted by Crippen LogP contribution is -2.49. The van der Waals surface area contributed by atoms with E-state index < -0.39 is 6.04 Å². The molecule has 1 aromatic heterocycles. The summed E-state index contributed by atoms with van der Waals surface area (Å²) in [5.41, 5.74) is 1.75. The Morgan fingerprint density at radius 3 is 2.55 bits per heavy atom. The lowest BCUT2D eigenvalue weighted by atomic mass is 9.90. The third kappa shape index (κ3) is 5.86. The van der Waals surface area contributed by atoms with Gasteiger partial charge in [0.05, 0.1) is 18.4 Å². The summed E-state index contributed by atoms with van der Waals surface area (Å²) >= 11 is 0. The minimum atomic E-state index is -0.544. The summed E-state index contributed by atoms with van der Waals surface area (Å²) in [5, 5.41) is 2.75. The molecular formula is C23H30N2O4. The second kappa shape index (κ2) is 10.1. The fourth-order valence-electron chi connectivity index (χ4n) is 3.74. The van der Waals surface area contributed by atoms with Gasteiger partial charge in [-0.05, 0) is 69.2 Å². The number of carbonyl (C=O) groups is 2. The number of piperidine rings is 1. The smallest absolute Gasteiger partial charge is 0.255 e. The van der Waals surface area contributed by atoms with E-state index >= 15 is 0 Å². The number of likely N-dealkylation sites (tertiary alicyclic amines) is 1. The van der Waals surface area contributed by atoms with Crippen molar-refractivity contribution in [2.75, 3.05) is 19.7 Å². The number of aryl methyl sites for hydroxylation is 1. The lowest BCUT2D eigenvalue weighted by Gasteiger charge is -2.33. The molecule has 0 aliphatic carbocycles. The van der Waals surface area contributed by atoms with Gasteiger partial charge in [-0.25, -0.2) is 0 Å². The van der Waals surface area contributed by atoms with E-state index in [9.17, 15) is 9.59 Å². The topological polar surface area (TPSA) is 71.8 Å². The van der Waals surface area contributed by atoms with Gasteiger partial charge in [-0.1, -0.05) is 12.1 Å². The average Bonchev–Trinajstić information content (AvgIpc) is 3.28. The number of furan rings is 1. The van der Waals surface area contributed by atoms with Crippen molar-refractivity contribution in [1.29, 1.82) is 0 Å². The van der Waals surface area contributed by atoms with Crippen LogP contribution in [0.4, 0.5) is 0 Å². The first-order valence-corrected chi connectivity index (χ1v) is 10.4. The zero-order chi connectivity index (χ0) is 20.6. The monoisotopic (exact) mass is 398 g/mol. The molecule has 2 amide bonds. The van der Waals surface area contributed by atoms with Crippen molar-refractivity contribution < 1.29 is 18.7 Å². The first-order chi connectivity index (χ1) is 14.1. The number of nitrogens with zero attached hydrogens (tertiary/aromatic N) is 1. The van der Waals surface area contributed by atoms with E-state index in [0.717, 1.165) is 44.5 Å². The fraction of sp³-hybridized carbons (Fsp3) is 0.478. The number of benzene rings is 1. The molecule has 0 saturated carbocycles. The Morgan fingerprint density at radius 1 is 1.21 bits per heavy atom. The van der Waals surface area contributed by atoms with Crippen LogP contribution in [0.15, 0.2) is 47.3 Å². The maximum absolute atomic E-state index is 12.7. The molecule has 0 radical (unpaired) electrons. The lowest BCUT2D eigenvalue weighted by molar-refractivity contribution is -0.134. The summed E-state index contributed by atoms with van der Waals surface area (Å²) in [7, 11) is 0. The van der Waals surface area contributed by atoms with Crippen molar-refractivity contribution in [3.63, 3.8) is 0 Å². The van der Waals surface area contributed by atoms with Gasteiger partial charge in [0.2, 0.25) is 5.91 Å². The Morgan fingerprint density at radius 2 is 1.93 bits per heavy atom. The predicted octanol–water partition coefficient (Wildman–Crippen LogP) is 3.67. The van der Waals surface area contributed by atoms with Crippen LogP contribution in [0.3, 0.4) is 0 Å². The van der Waals surface area contributed by atoms with Crippen LogP contribution in [-0.2, 0) is 11.2 Å². The largest absolute Gasteiger partial charge is 0.494 e. The van der Waals surface area contributed by atoms with E-state index in [-0.39, 0.29) is 11.8 Å². The third-order valence-electron chi connectivity index (χ3n) is 5.50. The van der Waals surface area contributed by atoms with Crippen LogP contribution in [-0.4, -0.2) is 42.5 Å². The van der Waals surface area contributed by atoms with Crippen molar-refractivity contribution in [1.82, 2.24) is 10.2 Å². The highest BCUT2D eigenvalue weighted by atomic mass is 16.5. The molecule has 6 nitrogen and oxygen atoms in total. The van der Waals surface area contributed by atoms with E-state index in [0.29, 0.717) is 18.1 Å². The highest BCUT2D eigenvalue weighted by molar-refractivity contribution is 5.97. The number of hydrogen-bond acceptors (Lipinski definition) is 4. The van der Waals surface area contributed by atoms with Crippen LogP contribution in [0, 0.1) is 5.92 Å². The standard InChI is InChI=1S/C23H30N2O4/c1-3-29-21-8-6-18(7-9-21)4-5-19-10-13-25(14-11-19)23(27)17(2)24-22(26)20-12-15-28-16-20/h6-9,12,15-17,19H,3-5,10-11,13-14H2,1-2H3,(H,24,26)/t17-/m0/s1. The van der Waals surface area contributed by atoms with Crippen LogP contribution in [0.1, 0.15) is 49.0 Å². The summed E-state index contributed by atoms with van der Waals surface area (Å²) in [6.45, 7) is 5.90. The van der Waals surface area contributed by atoms with E-state index in [1.54, 1.807) is 13.0 Å². The maximum Gasteiger partial charge on any atom is 0.255 e. The minimum Gasteiger partial charge on any atom is -0.494 e. The van der Waals surface area contributed by atoms with Gasteiger partial charge >= 0.3 is 0 Å². The quantitative estimate of drug-likeness (QED) is 0.736. The van der Waals surface area contributed by atoms with Crippen molar-refractivity contribution in [3.05, 3.63) is 54.0 Å². The van der Waals surface area contributed by atoms with Gasteiger partial charge in [-0.15, -0.1) is 0 Å². The third-order valence-corrected chi connectivity index (χ3v) is 5.50. The molecule has 29 heavy (non-hydrogen) atoms. The minimum absolute atomic E-state index is 0.0215. The SMILES string of the molecule is CCOc1ccc(CCC2CCN(C(=O)[C@H](C)NC(=O)c3ccoc3)CC2)cc1. The van der Waals surface area contributed by atoms with Gasteiger partial charge in [-0.3, -0.25) is 9.59 Å². The highest BCUT2D eigenvalue weighted by Gasteiger charge is 2.27. The molecule has 6 heteroatoms. The van der Waals surface area contributed by atoms with Gasteiger partial charge in [0.1, 0.15) is 18.1 Å². The number of nitrogens with one attached hydrogen (secondary N) is 1. The first kappa shape index (κ1) is 21.0. The molecule has 3 rings (SSSR count).